The molecule has 0 saturated heterocycles. The first-order valence-corrected chi connectivity index (χ1v) is 8.98. The average Bonchev–Trinajstić information content (AvgIpc) is 2.62. The summed E-state index contributed by atoms with van der Waals surface area (Å²) in [6.45, 7) is 7.21. The van der Waals surface area contributed by atoms with Crippen LogP contribution in [0.25, 0.3) is 11.1 Å². The van der Waals surface area contributed by atoms with Crippen molar-refractivity contribution in [2.24, 2.45) is 10.9 Å². The molecule has 0 aliphatic rings. The van der Waals surface area contributed by atoms with E-state index in [9.17, 15) is 14.0 Å². The summed E-state index contributed by atoms with van der Waals surface area (Å²) in [7, 11) is 0. The van der Waals surface area contributed by atoms with Crippen molar-refractivity contribution in [1.82, 2.24) is 4.98 Å². The lowest BCUT2D eigenvalue weighted by Gasteiger charge is -2.10. The topological polar surface area (TPSA) is 77.9 Å². The number of halogens is 1. The van der Waals surface area contributed by atoms with E-state index in [0.717, 1.165) is 17.6 Å². The molecule has 0 saturated carbocycles. The number of aliphatic imine (C=N–C) groups is 1. The maximum Gasteiger partial charge on any atom is 0.325 e. The zero-order valence-electron chi connectivity index (χ0n) is 16.4. The Labute approximate surface area is 163 Å². The summed E-state index contributed by atoms with van der Waals surface area (Å²) in [5.41, 5.74) is 2.96. The van der Waals surface area contributed by atoms with Crippen molar-refractivity contribution in [1.29, 1.82) is 0 Å². The molecular formula is C21H23FN2O4. The molecule has 6 nitrogen and oxygen atoms in total. The summed E-state index contributed by atoms with van der Waals surface area (Å²) >= 11 is 0. The highest BCUT2D eigenvalue weighted by atomic mass is 19.1. The molecule has 0 aliphatic heterocycles. The van der Waals surface area contributed by atoms with Crippen LogP contribution in [0.5, 0.6) is 0 Å². The molecule has 0 atom stereocenters. The lowest BCUT2D eigenvalue weighted by Crippen LogP contribution is -2.29. The number of nitrogens with zero attached hydrogens (tertiary/aromatic N) is 2. The highest BCUT2D eigenvalue weighted by Gasteiger charge is 2.27. The van der Waals surface area contributed by atoms with Crippen molar-refractivity contribution in [3.8, 4) is 11.1 Å². The molecule has 0 radical (unpaired) electrons. The second-order valence-electron chi connectivity index (χ2n) is 6.06. The third-order valence-electron chi connectivity index (χ3n) is 3.80. The lowest BCUT2D eigenvalue weighted by atomic mass is 10.0. The fourth-order valence-corrected chi connectivity index (χ4v) is 2.65. The molecule has 1 aromatic heterocycles. The van der Waals surface area contributed by atoms with Gasteiger partial charge in [-0.3, -0.25) is 19.6 Å². The molecule has 0 bridgehead atoms. The number of benzene rings is 1. The standard InChI is InChI=1S/C21H23FN2O4/c1-5-27-20(25)18(21(26)28-6-2)12-23-16-7-8-19(22)17(11-16)15-9-13(3)24-14(4)10-15/h7-12,18H,5-6H2,1-4H3. The Morgan fingerprint density at radius 1 is 1.07 bits per heavy atom. The normalized spacial score (nSPS) is 11.1. The minimum Gasteiger partial charge on any atom is -0.465 e. The SMILES string of the molecule is CCOC(=O)C(C=Nc1ccc(F)c(-c2cc(C)nc(C)c2)c1)C(=O)OCC. The maximum absolute atomic E-state index is 14.4. The predicted octanol–water partition coefficient (Wildman–Crippen LogP) is 3.95. The van der Waals surface area contributed by atoms with E-state index in [1.165, 1.54) is 12.1 Å². The molecule has 0 spiro atoms. The molecule has 0 N–H and O–H groups in total. The van der Waals surface area contributed by atoms with Crippen molar-refractivity contribution in [3.63, 3.8) is 0 Å². The van der Waals surface area contributed by atoms with Crippen LogP contribution in [0.3, 0.4) is 0 Å². The smallest absolute Gasteiger partial charge is 0.325 e. The van der Waals surface area contributed by atoms with E-state index in [0.29, 0.717) is 16.8 Å². The summed E-state index contributed by atoms with van der Waals surface area (Å²) in [6.07, 6.45) is 1.16. The molecule has 2 aromatic rings. The van der Waals surface area contributed by atoms with Gasteiger partial charge in [0.1, 0.15) is 5.82 Å². The summed E-state index contributed by atoms with van der Waals surface area (Å²) < 4.78 is 24.2. The van der Waals surface area contributed by atoms with Crippen molar-refractivity contribution >= 4 is 23.8 Å². The monoisotopic (exact) mass is 386 g/mol. The van der Waals surface area contributed by atoms with E-state index >= 15 is 0 Å². The fraction of sp³-hybridized carbons (Fsp3) is 0.333. The second-order valence-corrected chi connectivity index (χ2v) is 6.06. The summed E-state index contributed by atoms with van der Waals surface area (Å²) in [6, 6.07) is 7.85. The first kappa shape index (κ1) is 21.2. The van der Waals surface area contributed by atoms with Crippen LogP contribution in [0.2, 0.25) is 0 Å². The fourth-order valence-electron chi connectivity index (χ4n) is 2.65. The highest BCUT2D eigenvalue weighted by Crippen LogP contribution is 2.28. The van der Waals surface area contributed by atoms with Gasteiger partial charge in [-0.05, 0) is 63.6 Å². The number of carbonyl (C=O) groups is 2. The molecule has 148 valence electrons. The Kier molecular flexibility index (Phi) is 7.37. The quantitative estimate of drug-likeness (QED) is 0.409. The summed E-state index contributed by atoms with van der Waals surface area (Å²) in [4.78, 5) is 32.5. The third kappa shape index (κ3) is 5.45. The van der Waals surface area contributed by atoms with Crippen LogP contribution in [-0.2, 0) is 19.1 Å². The van der Waals surface area contributed by atoms with Gasteiger partial charge in [0, 0.05) is 23.2 Å². The minimum absolute atomic E-state index is 0.129. The van der Waals surface area contributed by atoms with Gasteiger partial charge in [0.25, 0.3) is 0 Å². The van der Waals surface area contributed by atoms with Gasteiger partial charge in [-0.1, -0.05) is 0 Å². The Balaban J connectivity index is 2.36. The molecule has 0 amide bonds. The largest absolute Gasteiger partial charge is 0.465 e. The lowest BCUT2D eigenvalue weighted by molar-refractivity contribution is -0.157. The molecule has 2 rings (SSSR count). The van der Waals surface area contributed by atoms with Crippen LogP contribution >= 0.6 is 0 Å². The first-order chi connectivity index (χ1) is 13.3. The van der Waals surface area contributed by atoms with Gasteiger partial charge >= 0.3 is 11.9 Å². The summed E-state index contributed by atoms with van der Waals surface area (Å²) in [5, 5.41) is 0. The van der Waals surface area contributed by atoms with Crippen LogP contribution in [0.4, 0.5) is 10.1 Å². The van der Waals surface area contributed by atoms with Gasteiger partial charge in [0.05, 0.1) is 18.9 Å². The van der Waals surface area contributed by atoms with E-state index in [1.54, 1.807) is 32.0 Å². The van der Waals surface area contributed by atoms with Gasteiger partial charge < -0.3 is 9.47 Å². The molecule has 0 unspecified atom stereocenters. The van der Waals surface area contributed by atoms with Crippen molar-refractivity contribution in [2.45, 2.75) is 27.7 Å². The summed E-state index contributed by atoms with van der Waals surface area (Å²) in [5.74, 6) is -3.17. The average molecular weight is 386 g/mol. The van der Waals surface area contributed by atoms with Crippen molar-refractivity contribution < 1.29 is 23.5 Å². The van der Waals surface area contributed by atoms with Gasteiger partial charge in [-0.2, -0.15) is 0 Å². The zero-order chi connectivity index (χ0) is 20.7. The number of hydrogen-bond acceptors (Lipinski definition) is 6. The first-order valence-electron chi connectivity index (χ1n) is 8.98. The van der Waals surface area contributed by atoms with E-state index < -0.39 is 23.7 Å². The Morgan fingerprint density at radius 2 is 1.64 bits per heavy atom. The van der Waals surface area contributed by atoms with Gasteiger partial charge in [0.2, 0.25) is 0 Å². The van der Waals surface area contributed by atoms with E-state index in [1.807, 2.05) is 13.8 Å². The number of hydrogen-bond donors (Lipinski definition) is 0. The van der Waals surface area contributed by atoms with Gasteiger partial charge in [-0.25, -0.2) is 4.39 Å². The number of rotatable bonds is 7. The van der Waals surface area contributed by atoms with Crippen LogP contribution in [0.1, 0.15) is 25.2 Å². The van der Waals surface area contributed by atoms with E-state index in [2.05, 4.69) is 9.98 Å². The Morgan fingerprint density at radius 3 is 2.18 bits per heavy atom. The maximum atomic E-state index is 14.4. The molecule has 1 heterocycles. The van der Waals surface area contributed by atoms with Crippen molar-refractivity contribution in [2.75, 3.05) is 13.2 Å². The molecule has 1 aromatic carbocycles. The van der Waals surface area contributed by atoms with Crippen LogP contribution in [-0.4, -0.2) is 36.4 Å². The predicted molar refractivity (Wildman–Crippen MR) is 104 cm³/mol. The van der Waals surface area contributed by atoms with Crippen LogP contribution in [0.15, 0.2) is 35.3 Å². The molecule has 7 heteroatoms. The van der Waals surface area contributed by atoms with Gasteiger partial charge in [-0.15, -0.1) is 0 Å². The van der Waals surface area contributed by atoms with Crippen LogP contribution in [0, 0.1) is 25.6 Å². The Bertz CT molecular complexity index is 858. The Hall–Kier alpha value is -3.09. The van der Waals surface area contributed by atoms with Crippen LogP contribution < -0.4 is 0 Å². The van der Waals surface area contributed by atoms with Gasteiger partial charge in [0.15, 0.2) is 5.92 Å². The molecule has 0 aliphatic carbocycles. The number of aryl methyl sites for hydroxylation is 2. The number of carbonyl (C=O) groups excluding carboxylic acids is 2. The number of esters is 2. The highest BCUT2D eigenvalue weighted by molar-refractivity contribution is 6.09. The van der Waals surface area contributed by atoms with E-state index in [4.69, 9.17) is 9.47 Å². The van der Waals surface area contributed by atoms with E-state index in [-0.39, 0.29) is 13.2 Å². The second kappa shape index (κ2) is 9.73. The third-order valence-corrected chi connectivity index (χ3v) is 3.80. The van der Waals surface area contributed by atoms with Crippen molar-refractivity contribution in [3.05, 3.63) is 47.5 Å². The number of pyridine rings is 1. The zero-order valence-corrected chi connectivity index (χ0v) is 16.4. The molecule has 0 fully saturated rings. The minimum atomic E-state index is -1.28. The molecular weight excluding hydrogens is 363 g/mol. The number of aromatic nitrogens is 1. The number of ether oxygens (including phenoxy) is 2. The molecule has 28 heavy (non-hydrogen) atoms.